The van der Waals surface area contributed by atoms with Crippen molar-refractivity contribution >= 4 is 44.8 Å². The molecule has 0 aliphatic carbocycles. The first-order valence-electron chi connectivity index (χ1n) is 11.5. The lowest BCUT2D eigenvalue weighted by Crippen LogP contribution is -2.36. The SMILES string of the molecule is C[C@H](N)C(=O)OCn1c(-c2ccc(F)c(C(F)(F)F)c2F)cs/c1=N\C(=O)Cc1csc2c1c(=O)n(C)c(=O)n2C. The molecule has 3 heterocycles. The van der Waals surface area contributed by atoms with Crippen LogP contribution in [0.5, 0.6) is 0 Å². The second kappa shape index (κ2) is 11.1. The zero-order valence-corrected chi connectivity index (χ0v) is 23.0. The van der Waals surface area contributed by atoms with Gasteiger partial charge in [0, 0.05) is 25.0 Å². The number of ether oxygens (including phenoxy) is 1. The number of aryl methyl sites for hydroxylation is 1. The number of fused-ring (bicyclic) bond motifs is 1. The molecule has 4 rings (SSSR count). The van der Waals surface area contributed by atoms with Gasteiger partial charge in [-0.3, -0.25) is 28.1 Å². The molecule has 4 aromatic rings. The number of aromatic nitrogens is 3. The number of hydrogen-bond donors (Lipinski definition) is 1. The molecule has 10 nitrogen and oxygen atoms in total. The fraction of sp³-hybridized carbons (Fsp3) is 0.292. The molecule has 41 heavy (non-hydrogen) atoms. The number of esters is 1. The molecule has 0 aliphatic heterocycles. The molecule has 0 radical (unpaired) electrons. The highest BCUT2D eigenvalue weighted by molar-refractivity contribution is 7.17. The van der Waals surface area contributed by atoms with Gasteiger partial charge < -0.3 is 10.5 Å². The van der Waals surface area contributed by atoms with E-state index in [4.69, 9.17) is 10.5 Å². The first-order valence-corrected chi connectivity index (χ1v) is 13.3. The molecule has 2 N–H and O–H groups in total. The van der Waals surface area contributed by atoms with Gasteiger partial charge in [-0.2, -0.15) is 18.2 Å². The number of thiophene rings is 1. The van der Waals surface area contributed by atoms with Crippen LogP contribution in [-0.2, 0) is 47.7 Å². The predicted molar refractivity (Wildman–Crippen MR) is 139 cm³/mol. The third-order valence-corrected chi connectivity index (χ3v) is 7.93. The second-order valence-corrected chi connectivity index (χ2v) is 10.5. The van der Waals surface area contributed by atoms with Crippen LogP contribution in [0.1, 0.15) is 18.1 Å². The largest absolute Gasteiger partial charge is 0.443 e. The van der Waals surface area contributed by atoms with E-state index in [1.54, 1.807) is 0 Å². The Hall–Kier alpha value is -3.96. The van der Waals surface area contributed by atoms with Gasteiger partial charge in [-0.25, -0.2) is 13.6 Å². The van der Waals surface area contributed by atoms with Crippen molar-refractivity contribution < 1.29 is 36.3 Å². The molecular weight excluding hydrogens is 597 g/mol. The van der Waals surface area contributed by atoms with Crippen molar-refractivity contribution in [2.45, 2.75) is 32.3 Å². The van der Waals surface area contributed by atoms with E-state index in [0.717, 1.165) is 31.9 Å². The number of nitrogens with zero attached hydrogens (tertiary/aromatic N) is 4. The fourth-order valence-electron chi connectivity index (χ4n) is 3.89. The summed E-state index contributed by atoms with van der Waals surface area (Å²) >= 11 is 1.78. The van der Waals surface area contributed by atoms with Crippen molar-refractivity contribution in [1.82, 2.24) is 13.7 Å². The van der Waals surface area contributed by atoms with Crippen LogP contribution in [0.15, 0.2) is 37.5 Å². The minimum absolute atomic E-state index is 0.141. The van der Waals surface area contributed by atoms with Crippen LogP contribution in [0.25, 0.3) is 21.5 Å². The van der Waals surface area contributed by atoms with E-state index in [1.165, 1.54) is 31.0 Å². The van der Waals surface area contributed by atoms with E-state index in [2.05, 4.69) is 4.99 Å². The minimum Gasteiger partial charge on any atom is -0.443 e. The van der Waals surface area contributed by atoms with Gasteiger partial charge in [0.1, 0.15) is 28.1 Å². The summed E-state index contributed by atoms with van der Waals surface area (Å²) in [5.41, 5.74) is 1.51. The van der Waals surface area contributed by atoms with Crippen LogP contribution in [0, 0.1) is 11.6 Å². The molecule has 218 valence electrons. The van der Waals surface area contributed by atoms with Crippen LogP contribution in [0.3, 0.4) is 0 Å². The highest BCUT2D eigenvalue weighted by atomic mass is 32.1. The van der Waals surface area contributed by atoms with Crippen molar-refractivity contribution in [3.05, 3.63) is 71.3 Å². The van der Waals surface area contributed by atoms with Gasteiger partial charge in [0.25, 0.3) is 11.5 Å². The molecule has 0 aliphatic rings. The smallest absolute Gasteiger partial charge is 0.422 e. The Labute approximate surface area is 234 Å². The van der Waals surface area contributed by atoms with Crippen molar-refractivity contribution in [2.75, 3.05) is 0 Å². The summed E-state index contributed by atoms with van der Waals surface area (Å²) < 4.78 is 77.1. The average molecular weight is 618 g/mol. The lowest BCUT2D eigenvalue weighted by Gasteiger charge is -2.15. The summed E-state index contributed by atoms with van der Waals surface area (Å²) in [7, 11) is 2.76. The zero-order valence-electron chi connectivity index (χ0n) is 21.4. The number of amides is 1. The lowest BCUT2D eigenvalue weighted by molar-refractivity contribution is -0.148. The Morgan fingerprint density at radius 2 is 1.78 bits per heavy atom. The van der Waals surface area contributed by atoms with Gasteiger partial charge in [-0.15, -0.1) is 22.7 Å². The molecule has 1 amide bonds. The summed E-state index contributed by atoms with van der Waals surface area (Å²) in [5.74, 6) is -5.45. The zero-order chi connectivity index (χ0) is 30.4. The van der Waals surface area contributed by atoms with Gasteiger partial charge in [0.05, 0.1) is 17.5 Å². The van der Waals surface area contributed by atoms with Gasteiger partial charge in [0.2, 0.25) is 0 Å². The van der Waals surface area contributed by atoms with Crippen LogP contribution < -0.4 is 21.8 Å². The van der Waals surface area contributed by atoms with Gasteiger partial charge in [0.15, 0.2) is 11.5 Å². The molecule has 0 spiro atoms. The molecule has 1 atom stereocenters. The quantitative estimate of drug-likeness (QED) is 0.262. The number of carbonyl (C=O) groups excluding carboxylic acids is 2. The predicted octanol–water partition coefficient (Wildman–Crippen LogP) is 2.64. The molecule has 0 saturated heterocycles. The van der Waals surface area contributed by atoms with Gasteiger partial charge >= 0.3 is 17.8 Å². The Kier molecular flexibility index (Phi) is 8.15. The Morgan fingerprint density at radius 3 is 2.41 bits per heavy atom. The van der Waals surface area contributed by atoms with Crippen LogP contribution in [0.2, 0.25) is 0 Å². The Morgan fingerprint density at radius 1 is 1.10 bits per heavy atom. The number of nitrogens with two attached hydrogens (primary N) is 1. The minimum atomic E-state index is -5.35. The second-order valence-electron chi connectivity index (χ2n) is 8.82. The van der Waals surface area contributed by atoms with E-state index < -0.39 is 71.3 Å². The average Bonchev–Trinajstić information content (AvgIpc) is 3.48. The Balaban J connectivity index is 1.81. The molecule has 3 aromatic heterocycles. The number of alkyl halides is 3. The number of benzene rings is 1. The monoisotopic (exact) mass is 617 g/mol. The normalized spacial score (nSPS) is 13.1. The van der Waals surface area contributed by atoms with E-state index in [-0.39, 0.29) is 21.4 Å². The summed E-state index contributed by atoms with van der Waals surface area (Å²) in [5, 5.41) is 2.82. The van der Waals surface area contributed by atoms with Crippen molar-refractivity contribution in [3.63, 3.8) is 0 Å². The van der Waals surface area contributed by atoms with Crippen LogP contribution in [-0.4, -0.2) is 31.6 Å². The Bertz CT molecular complexity index is 1880. The van der Waals surface area contributed by atoms with Crippen molar-refractivity contribution in [3.8, 4) is 11.3 Å². The summed E-state index contributed by atoms with van der Waals surface area (Å²) in [6.07, 6.45) is -5.75. The number of rotatable bonds is 6. The number of thiazole rings is 1. The van der Waals surface area contributed by atoms with Gasteiger partial charge in [-0.1, -0.05) is 0 Å². The lowest BCUT2D eigenvalue weighted by atomic mass is 10.1. The molecule has 0 unspecified atom stereocenters. The van der Waals surface area contributed by atoms with Crippen LogP contribution >= 0.6 is 22.7 Å². The third kappa shape index (κ3) is 5.64. The summed E-state index contributed by atoms with van der Waals surface area (Å²) in [6, 6.07) is 0.133. The molecule has 0 fully saturated rings. The standard InChI is InChI=1S/C24H20F5N5O5S2/c1-10(30)21(37)39-9-34-14(12-4-5-13(25)17(18(12)26)24(27,28)29)8-41-22(34)31-15(35)6-11-7-40-20-16(11)19(36)32(2)23(38)33(20)3/h4-5,7-8,10H,6,9,30H2,1-3H3/b31-22-/t10-/m0/s1. The first kappa shape index (κ1) is 30.0. The first-order chi connectivity index (χ1) is 19.1. The van der Waals surface area contributed by atoms with Crippen molar-refractivity contribution in [1.29, 1.82) is 0 Å². The topological polar surface area (TPSA) is 131 Å². The summed E-state index contributed by atoms with van der Waals surface area (Å²) in [4.78, 5) is 53.9. The molecule has 17 heteroatoms. The van der Waals surface area contributed by atoms with E-state index in [9.17, 15) is 41.1 Å². The number of hydrogen-bond acceptors (Lipinski definition) is 8. The molecule has 0 saturated carbocycles. The number of halogens is 5. The van der Waals surface area contributed by atoms with Gasteiger partial charge in [-0.05, 0) is 30.0 Å². The highest BCUT2D eigenvalue weighted by Gasteiger charge is 2.39. The fourth-order valence-corrected chi connectivity index (χ4v) is 5.82. The third-order valence-electron chi connectivity index (χ3n) is 5.96. The van der Waals surface area contributed by atoms with E-state index >= 15 is 0 Å². The number of carbonyl (C=O) groups is 2. The van der Waals surface area contributed by atoms with Crippen LogP contribution in [0.4, 0.5) is 22.0 Å². The molecular formula is C24H20F5N5O5S2. The molecule has 0 bridgehead atoms. The summed E-state index contributed by atoms with van der Waals surface area (Å²) in [6.45, 7) is 0.602. The van der Waals surface area contributed by atoms with E-state index in [0.29, 0.717) is 22.2 Å². The highest BCUT2D eigenvalue weighted by Crippen LogP contribution is 2.37. The maximum Gasteiger partial charge on any atom is 0.422 e. The van der Waals surface area contributed by atoms with E-state index in [1.807, 2.05) is 0 Å². The maximum absolute atomic E-state index is 15.0. The molecule has 1 aromatic carbocycles. The maximum atomic E-state index is 15.0. The van der Waals surface area contributed by atoms with Crippen molar-refractivity contribution in [2.24, 2.45) is 24.8 Å².